The molecule has 0 atom stereocenters. The number of hydrogen-bond donors (Lipinski definition) is 1. The van der Waals surface area contributed by atoms with Crippen molar-refractivity contribution in [1.82, 2.24) is 0 Å². The van der Waals surface area contributed by atoms with Gasteiger partial charge in [0, 0.05) is 16.1 Å². The molecule has 0 aliphatic carbocycles. The van der Waals surface area contributed by atoms with E-state index in [9.17, 15) is 0 Å². The molecule has 0 saturated heterocycles. The third-order valence-corrected chi connectivity index (χ3v) is 2.82. The SMILES string of the molecule is CC(C)[SiH2]CCO. The molecule has 0 bridgehead atoms. The molecule has 0 aliphatic heterocycles. The summed E-state index contributed by atoms with van der Waals surface area (Å²) in [7, 11) is 0.0961. The zero-order valence-corrected chi connectivity index (χ0v) is 6.56. The Hall–Kier alpha value is 0.177. The molecule has 0 aliphatic rings. The summed E-state index contributed by atoms with van der Waals surface area (Å²) in [6, 6.07) is 1.09. The predicted molar refractivity (Wildman–Crippen MR) is 35.5 cm³/mol. The van der Waals surface area contributed by atoms with Gasteiger partial charge in [0.25, 0.3) is 0 Å². The molecule has 0 aromatic rings. The van der Waals surface area contributed by atoms with Crippen molar-refractivity contribution < 1.29 is 5.11 Å². The van der Waals surface area contributed by atoms with E-state index in [-0.39, 0.29) is 9.52 Å². The van der Waals surface area contributed by atoms with E-state index in [4.69, 9.17) is 5.11 Å². The largest absolute Gasteiger partial charge is 0.397 e. The van der Waals surface area contributed by atoms with Crippen LogP contribution in [0.3, 0.4) is 0 Å². The Balaban J connectivity index is 2.68. The van der Waals surface area contributed by atoms with Crippen LogP contribution in [0.1, 0.15) is 13.8 Å². The van der Waals surface area contributed by atoms with Gasteiger partial charge in [-0.1, -0.05) is 19.4 Å². The Morgan fingerprint density at radius 2 is 2.14 bits per heavy atom. The maximum absolute atomic E-state index is 8.35. The molecule has 0 unspecified atom stereocenters. The molecule has 0 amide bonds. The van der Waals surface area contributed by atoms with E-state index >= 15 is 0 Å². The van der Waals surface area contributed by atoms with E-state index in [0.29, 0.717) is 6.61 Å². The highest BCUT2D eigenvalue weighted by molar-refractivity contribution is 6.37. The molecular formula is C5H14OSi. The number of aliphatic hydroxyl groups is 1. The second kappa shape index (κ2) is 4.34. The van der Waals surface area contributed by atoms with Crippen LogP contribution in [0.15, 0.2) is 0 Å². The molecule has 0 saturated carbocycles. The lowest BCUT2D eigenvalue weighted by Crippen LogP contribution is -1.96. The van der Waals surface area contributed by atoms with E-state index in [1.54, 1.807) is 0 Å². The smallest absolute Gasteiger partial charge is 0.0402 e. The average molecular weight is 118 g/mol. The first-order chi connectivity index (χ1) is 3.27. The van der Waals surface area contributed by atoms with Crippen molar-refractivity contribution in [3.63, 3.8) is 0 Å². The van der Waals surface area contributed by atoms with Gasteiger partial charge < -0.3 is 5.11 Å². The number of aliphatic hydroxyl groups excluding tert-OH is 1. The summed E-state index contributed by atoms with van der Waals surface area (Å²) < 4.78 is 0. The van der Waals surface area contributed by atoms with Crippen LogP contribution in [0, 0.1) is 0 Å². The second-order valence-corrected chi connectivity index (χ2v) is 5.18. The standard InChI is InChI=1S/C5H14OSi/c1-5(2)7-4-3-6/h5-6H,3-4,7H2,1-2H3. The molecule has 0 rings (SSSR count). The van der Waals surface area contributed by atoms with Crippen LogP contribution in [-0.4, -0.2) is 21.2 Å². The van der Waals surface area contributed by atoms with E-state index in [1.807, 2.05) is 0 Å². The molecule has 0 radical (unpaired) electrons. The molecular weight excluding hydrogens is 104 g/mol. The maximum Gasteiger partial charge on any atom is 0.0402 e. The summed E-state index contributed by atoms with van der Waals surface area (Å²) in [5.74, 6) is 0. The predicted octanol–water partition coefficient (Wildman–Crippen LogP) is 0.394. The lowest BCUT2D eigenvalue weighted by Gasteiger charge is -1.97. The summed E-state index contributed by atoms with van der Waals surface area (Å²) in [6.07, 6.45) is 0. The van der Waals surface area contributed by atoms with Crippen molar-refractivity contribution in [1.29, 1.82) is 0 Å². The molecule has 0 fully saturated rings. The monoisotopic (exact) mass is 118 g/mol. The van der Waals surface area contributed by atoms with Crippen molar-refractivity contribution in [2.24, 2.45) is 0 Å². The van der Waals surface area contributed by atoms with Crippen molar-refractivity contribution >= 4 is 9.52 Å². The summed E-state index contributed by atoms with van der Waals surface area (Å²) in [5.41, 5.74) is 0.882. The van der Waals surface area contributed by atoms with Crippen LogP contribution >= 0.6 is 0 Å². The van der Waals surface area contributed by atoms with E-state index in [2.05, 4.69) is 13.8 Å². The van der Waals surface area contributed by atoms with Gasteiger partial charge in [0.05, 0.1) is 0 Å². The highest BCUT2D eigenvalue weighted by atomic mass is 28.2. The van der Waals surface area contributed by atoms with Crippen molar-refractivity contribution in [2.45, 2.75) is 25.4 Å². The lowest BCUT2D eigenvalue weighted by molar-refractivity contribution is 0.318. The minimum absolute atomic E-state index is 0.0961. The first-order valence-corrected chi connectivity index (χ1v) is 4.70. The van der Waals surface area contributed by atoms with Gasteiger partial charge in [-0.05, 0) is 6.04 Å². The molecule has 0 spiro atoms. The van der Waals surface area contributed by atoms with Crippen LogP contribution in [-0.2, 0) is 0 Å². The van der Waals surface area contributed by atoms with E-state index in [0.717, 1.165) is 11.6 Å². The van der Waals surface area contributed by atoms with Gasteiger partial charge in [0.15, 0.2) is 0 Å². The maximum atomic E-state index is 8.35. The molecule has 0 aromatic carbocycles. The number of rotatable bonds is 3. The van der Waals surface area contributed by atoms with Gasteiger partial charge in [-0.25, -0.2) is 0 Å². The first kappa shape index (κ1) is 7.18. The van der Waals surface area contributed by atoms with Crippen LogP contribution in [0.4, 0.5) is 0 Å². The van der Waals surface area contributed by atoms with Gasteiger partial charge >= 0.3 is 0 Å². The minimum Gasteiger partial charge on any atom is -0.397 e. The van der Waals surface area contributed by atoms with Gasteiger partial charge in [-0.3, -0.25) is 0 Å². The Morgan fingerprint density at radius 1 is 1.57 bits per heavy atom. The molecule has 0 aromatic heterocycles. The van der Waals surface area contributed by atoms with Crippen LogP contribution < -0.4 is 0 Å². The fourth-order valence-corrected chi connectivity index (χ4v) is 1.50. The van der Waals surface area contributed by atoms with Crippen molar-refractivity contribution in [3.8, 4) is 0 Å². The summed E-state index contributed by atoms with van der Waals surface area (Å²) >= 11 is 0. The highest BCUT2D eigenvalue weighted by Crippen LogP contribution is 1.98. The molecule has 1 N–H and O–H groups in total. The molecule has 2 heteroatoms. The fraction of sp³-hybridized carbons (Fsp3) is 1.00. The first-order valence-electron chi connectivity index (χ1n) is 2.88. The zero-order chi connectivity index (χ0) is 5.70. The highest BCUT2D eigenvalue weighted by Gasteiger charge is 1.90. The fourth-order valence-electron chi connectivity index (χ4n) is 0.500. The van der Waals surface area contributed by atoms with Gasteiger partial charge in [0.2, 0.25) is 0 Å². The molecule has 7 heavy (non-hydrogen) atoms. The van der Waals surface area contributed by atoms with Crippen LogP contribution in [0.25, 0.3) is 0 Å². The lowest BCUT2D eigenvalue weighted by atomic mass is 10.6. The summed E-state index contributed by atoms with van der Waals surface area (Å²) in [6.45, 7) is 4.86. The van der Waals surface area contributed by atoms with Crippen molar-refractivity contribution in [2.75, 3.05) is 6.61 Å². The Labute approximate surface area is 47.6 Å². The van der Waals surface area contributed by atoms with E-state index in [1.165, 1.54) is 0 Å². The summed E-state index contributed by atoms with van der Waals surface area (Å²) in [4.78, 5) is 0. The quantitative estimate of drug-likeness (QED) is 0.532. The van der Waals surface area contributed by atoms with Crippen LogP contribution in [0.5, 0.6) is 0 Å². The second-order valence-electron chi connectivity index (χ2n) is 2.26. The molecule has 44 valence electrons. The zero-order valence-electron chi connectivity index (χ0n) is 5.15. The minimum atomic E-state index is 0.0961. The number of hydrogen-bond acceptors (Lipinski definition) is 1. The normalized spacial score (nSPS) is 12.0. The van der Waals surface area contributed by atoms with E-state index < -0.39 is 0 Å². The van der Waals surface area contributed by atoms with Crippen LogP contribution in [0.2, 0.25) is 11.6 Å². The van der Waals surface area contributed by atoms with Gasteiger partial charge in [0.1, 0.15) is 0 Å². The Bertz CT molecular complexity index is 37.1. The topological polar surface area (TPSA) is 20.2 Å². The Kier molecular flexibility index (Phi) is 4.45. The van der Waals surface area contributed by atoms with Crippen molar-refractivity contribution in [3.05, 3.63) is 0 Å². The Morgan fingerprint density at radius 3 is 2.29 bits per heavy atom. The third kappa shape index (κ3) is 6.18. The van der Waals surface area contributed by atoms with Gasteiger partial charge in [-0.15, -0.1) is 0 Å². The summed E-state index contributed by atoms with van der Waals surface area (Å²) in [5, 5.41) is 8.35. The molecule has 1 nitrogen and oxygen atoms in total. The molecule has 0 heterocycles. The third-order valence-electron chi connectivity index (χ3n) is 0.940. The average Bonchev–Trinajstić information content (AvgIpc) is 1.61. The van der Waals surface area contributed by atoms with Gasteiger partial charge in [-0.2, -0.15) is 0 Å².